The van der Waals surface area contributed by atoms with Gasteiger partial charge in [0.15, 0.2) is 0 Å². The Morgan fingerprint density at radius 2 is 2.00 bits per heavy atom. The number of allylic oxidation sites excluding steroid dienone is 2. The minimum Gasteiger partial charge on any atom is -0.0776 e. The molecule has 0 N–H and O–H groups in total. The summed E-state index contributed by atoms with van der Waals surface area (Å²) in [7, 11) is 0. The van der Waals surface area contributed by atoms with E-state index in [0.29, 0.717) is 0 Å². The van der Waals surface area contributed by atoms with E-state index in [-0.39, 0.29) is 0 Å². The summed E-state index contributed by atoms with van der Waals surface area (Å²) < 4.78 is 0. The second kappa shape index (κ2) is 1.36. The summed E-state index contributed by atoms with van der Waals surface area (Å²) in [5.74, 6) is 1.63. The average Bonchev–Trinajstić information content (AvgIpc) is 2.17. The summed E-state index contributed by atoms with van der Waals surface area (Å²) in [6.07, 6.45) is 2.32. The van der Waals surface area contributed by atoms with Crippen molar-refractivity contribution >= 4 is 0 Å². The molecular weight excluding hydrogens is 84.1 g/mol. The van der Waals surface area contributed by atoms with Crippen LogP contribution in [0, 0.1) is 11.8 Å². The molecule has 40 valence electrons. The maximum absolute atomic E-state index is 2.32. The lowest BCUT2D eigenvalue weighted by Crippen LogP contribution is -1.83. The highest BCUT2D eigenvalue weighted by atomic mass is 14.3. The molecule has 1 rings (SSSR count). The second-order valence-corrected chi connectivity index (χ2v) is 2.61. The molecule has 0 radical (unpaired) electrons. The zero-order valence-corrected chi connectivity index (χ0v) is 5.23. The van der Waals surface area contributed by atoms with Gasteiger partial charge in [0.25, 0.3) is 0 Å². The van der Waals surface area contributed by atoms with Crippen molar-refractivity contribution in [3.63, 3.8) is 0 Å². The van der Waals surface area contributed by atoms with Crippen LogP contribution in [0.4, 0.5) is 0 Å². The molecule has 1 aliphatic rings. The minimum absolute atomic E-state index is 0.801. The van der Waals surface area contributed by atoms with Crippen LogP contribution < -0.4 is 0 Å². The fourth-order valence-electron chi connectivity index (χ4n) is 0.959. The summed E-state index contributed by atoms with van der Waals surface area (Å²) in [6, 6.07) is 0. The van der Waals surface area contributed by atoms with Crippen molar-refractivity contribution in [2.45, 2.75) is 20.8 Å². The summed E-state index contributed by atoms with van der Waals surface area (Å²) in [5, 5.41) is 0. The third-order valence-corrected chi connectivity index (χ3v) is 1.53. The van der Waals surface area contributed by atoms with Crippen molar-refractivity contribution in [1.82, 2.24) is 0 Å². The van der Waals surface area contributed by atoms with Gasteiger partial charge in [-0.1, -0.05) is 32.4 Å². The van der Waals surface area contributed by atoms with E-state index in [9.17, 15) is 0 Å². The largest absolute Gasteiger partial charge is 0.0776 e. The third kappa shape index (κ3) is 0.846. The topological polar surface area (TPSA) is 0 Å². The summed E-state index contributed by atoms with van der Waals surface area (Å²) >= 11 is 0. The molecule has 0 bridgehead atoms. The lowest BCUT2D eigenvalue weighted by molar-refractivity contribution is 0.751. The second-order valence-electron chi connectivity index (χ2n) is 2.61. The lowest BCUT2D eigenvalue weighted by Gasteiger charge is -1.94. The van der Waals surface area contributed by atoms with Gasteiger partial charge in [-0.2, -0.15) is 0 Å². The summed E-state index contributed by atoms with van der Waals surface area (Å²) in [6.45, 7) is 6.74. The van der Waals surface area contributed by atoms with Gasteiger partial charge in [-0.05, 0) is 11.8 Å². The highest BCUT2D eigenvalue weighted by Gasteiger charge is 2.20. The fraction of sp³-hybridized carbons (Fsp3) is 0.714. The molecule has 0 saturated carbocycles. The molecule has 0 nitrogen and oxygen atoms in total. The van der Waals surface area contributed by atoms with Crippen LogP contribution in [0.1, 0.15) is 20.8 Å². The quantitative estimate of drug-likeness (QED) is 0.439. The van der Waals surface area contributed by atoms with Crippen LogP contribution >= 0.6 is 0 Å². The van der Waals surface area contributed by atoms with Crippen molar-refractivity contribution in [3.05, 3.63) is 11.6 Å². The van der Waals surface area contributed by atoms with E-state index in [1.807, 2.05) is 0 Å². The predicted octanol–water partition coefficient (Wildman–Crippen LogP) is 2.22. The molecule has 0 spiro atoms. The van der Waals surface area contributed by atoms with Crippen LogP contribution in [0.25, 0.3) is 0 Å². The molecule has 0 saturated heterocycles. The predicted molar refractivity (Wildman–Crippen MR) is 32.1 cm³/mol. The standard InChI is InChI=1S/C7H12/c1-5(2)7-4-6(7)3/h4-6H,1-3H3. The molecule has 1 unspecified atom stereocenters. The van der Waals surface area contributed by atoms with Crippen molar-refractivity contribution < 1.29 is 0 Å². The van der Waals surface area contributed by atoms with Crippen molar-refractivity contribution in [3.8, 4) is 0 Å². The van der Waals surface area contributed by atoms with Crippen LogP contribution in [-0.4, -0.2) is 0 Å². The van der Waals surface area contributed by atoms with E-state index in [2.05, 4.69) is 26.8 Å². The Morgan fingerprint density at radius 1 is 1.57 bits per heavy atom. The van der Waals surface area contributed by atoms with E-state index < -0.39 is 0 Å². The Balaban J connectivity index is 2.33. The van der Waals surface area contributed by atoms with E-state index in [1.165, 1.54) is 0 Å². The average molecular weight is 96.2 g/mol. The van der Waals surface area contributed by atoms with Crippen LogP contribution in [-0.2, 0) is 0 Å². The van der Waals surface area contributed by atoms with Gasteiger partial charge >= 0.3 is 0 Å². The van der Waals surface area contributed by atoms with Crippen LogP contribution in [0.15, 0.2) is 11.6 Å². The summed E-state index contributed by atoms with van der Waals surface area (Å²) in [4.78, 5) is 0. The first-order valence-corrected chi connectivity index (χ1v) is 2.93. The number of rotatable bonds is 1. The molecule has 0 fully saturated rings. The zero-order valence-electron chi connectivity index (χ0n) is 5.23. The summed E-state index contributed by atoms with van der Waals surface area (Å²) in [5.41, 5.74) is 1.64. The Morgan fingerprint density at radius 3 is 2.00 bits per heavy atom. The van der Waals surface area contributed by atoms with Gasteiger partial charge in [-0.15, -0.1) is 0 Å². The third-order valence-electron chi connectivity index (χ3n) is 1.53. The maximum Gasteiger partial charge on any atom is -0.00459 e. The molecule has 1 aliphatic carbocycles. The van der Waals surface area contributed by atoms with Gasteiger partial charge < -0.3 is 0 Å². The lowest BCUT2D eigenvalue weighted by atomic mass is 10.1. The molecule has 7 heavy (non-hydrogen) atoms. The first-order chi connectivity index (χ1) is 3.22. The van der Waals surface area contributed by atoms with Gasteiger partial charge in [0.1, 0.15) is 0 Å². The van der Waals surface area contributed by atoms with Crippen molar-refractivity contribution in [2.75, 3.05) is 0 Å². The van der Waals surface area contributed by atoms with Crippen molar-refractivity contribution in [2.24, 2.45) is 11.8 Å². The zero-order chi connectivity index (χ0) is 5.44. The Labute approximate surface area is 45.2 Å². The Kier molecular flexibility index (Phi) is 0.949. The van der Waals surface area contributed by atoms with Crippen LogP contribution in [0.5, 0.6) is 0 Å². The van der Waals surface area contributed by atoms with Gasteiger partial charge in [-0.3, -0.25) is 0 Å². The first-order valence-electron chi connectivity index (χ1n) is 2.93. The molecule has 0 heteroatoms. The highest BCUT2D eigenvalue weighted by molar-refractivity contribution is 5.28. The number of hydrogen-bond donors (Lipinski definition) is 0. The molecule has 1 atom stereocenters. The van der Waals surface area contributed by atoms with E-state index in [0.717, 1.165) is 11.8 Å². The molecule has 0 aromatic rings. The van der Waals surface area contributed by atoms with E-state index in [1.54, 1.807) is 5.57 Å². The van der Waals surface area contributed by atoms with Gasteiger partial charge in [-0.25, -0.2) is 0 Å². The van der Waals surface area contributed by atoms with Crippen molar-refractivity contribution in [1.29, 1.82) is 0 Å². The molecule has 0 heterocycles. The number of hydrogen-bond acceptors (Lipinski definition) is 0. The van der Waals surface area contributed by atoms with Gasteiger partial charge in [0.05, 0.1) is 0 Å². The molecule has 0 aromatic heterocycles. The highest BCUT2D eigenvalue weighted by Crippen LogP contribution is 2.33. The minimum atomic E-state index is 0.801. The smallest absolute Gasteiger partial charge is 0.00459 e. The molecule has 0 aliphatic heterocycles. The molecule has 0 aromatic carbocycles. The monoisotopic (exact) mass is 96.1 g/mol. The van der Waals surface area contributed by atoms with E-state index >= 15 is 0 Å². The molecule has 0 amide bonds. The van der Waals surface area contributed by atoms with E-state index in [4.69, 9.17) is 0 Å². The Hall–Kier alpha value is -0.260. The maximum atomic E-state index is 2.32. The Bertz CT molecular complexity index is 98.6. The SMILES string of the molecule is CC(C)C1=CC1C. The first kappa shape index (κ1) is 4.89. The van der Waals surface area contributed by atoms with Crippen LogP contribution in [0.2, 0.25) is 0 Å². The molecular formula is C7H12. The van der Waals surface area contributed by atoms with Gasteiger partial charge in [0.2, 0.25) is 0 Å². The normalized spacial score (nSPS) is 28.0. The fourth-order valence-corrected chi connectivity index (χ4v) is 0.959. The van der Waals surface area contributed by atoms with Gasteiger partial charge in [0, 0.05) is 0 Å². The van der Waals surface area contributed by atoms with Crippen LogP contribution in [0.3, 0.4) is 0 Å².